The molecule has 0 aliphatic heterocycles. The zero-order valence-corrected chi connectivity index (χ0v) is 8.82. The number of furan rings is 1. The number of ether oxygens (including phenoxy) is 1. The van der Waals surface area contributed by atoms with E-state index in [4.69, 9.17) is 16.0 Å². The molecule has 0 radical (unpaired) electrons. The van der Waals surface area contributed by atoms with Gasteiger partial charge in [-0.05, 0) is 6.07 Å². The monoisotopic (exact) mass is 224 g/mol. The fraction of sp³-hybridized carbons (Fsp3) is 0.182. The van der Waals surface area contributed by atoms with Crippen LogP contribution in [-0.4, -0.2) is 13.1 Å². The Labute approximate surface area is 91.6 Å². The first-order chi connectivity index (χ1) is 7.24. The molecule has 2 rings (SSSR count). The third-order valence-corrected chi connectivity index (χ3v) is 2.61. The minimum atomic E-state index is -0.821. The highest BCUT2D eigenvalue weighted by Gasteiger charge is 2.22. The van der Waals surface area contributed by atoms with E-state index in [0.717, 1.165) is 5.39 Å². The highest BCUT2D eigenvalue weighted by molar-refractivity contribution is 6.30. The van der Waals surface area contributed by atoms with Crippen LogP contribution in [0.2, 0.25) is 0 Å². The molecule has 1 aromatic heterocycles. The Hall–Kier alpha value is -1.48. The van der Waals surface area contributed by atoms with Crippen molar-refractivity contribution in [3.05, 3.63) is 36.1 Å². The first-order valence-corrected chi connectivity index (χ1v) is 4.85. The molecule has 0 amide bonds. The first-order valence-electron chi connectivity index (χ1n) is 4.42. The lowest BCUT2D eigenvalue weighted by atomic mass is 10.1. The molecule has 0 saturated carbocycles. The molecule has 0 aliphatic carbocycles. The lowest BCUT2D eigenvalue weighted by Crippen LogP contribution is -2.07. The standard InChI is InChI=1S/C11H9ClO3/c1-14-11(13)10(12)8-6-15-9-5-3-2-4-7(8)9/h2-6,10H,1H3. The average molecular weight is 225 g/mol. The molecule has 2 aromatic rings. The Bertz CT molecular complexity index is 489. The van der Waals surface area contributed by atoms with Crippen molar-refractivity contribution in [3.63, 3.8) is 0 Å². The minimum Gasteiger partial charge on any atom is -0.468 e. The second kappa shape index (κ2) is 3.95. The maximum Gasteiger partial charge on any atom is 0.328 e. The Morgan fingerprint density at radius 1 is 1.47 bits per heavy atom. The molecule has 1 aromatic carbocycles. The van der Waals surface area contributed by atoms with Crippen LogP contribution in [0.1, 0.15) is 10.9 Å². The van der Waals surface area contributed by atoms with E-state index in [0.29, 0.717) is 11.1 Å². The summed E-state index contributed by atoms with van der Waals surface area (Å²) in [5.41, 5.74) is 1.35. The van der Waals surface area contributed by atoms with Crippen molar-refractivity contribution in [1.29, 1.82) is 0 Å². The van der Waals surface area contributed by atoms with E-state index in [2.05, 4.69) is 4.74 Å². The molecule has 1 atom stereocenters. The Balaban J connectivity index is 2.48. The summed E-state index contributed by atoms with van der Waals surface area (Å²) in [6.07, 6.45) is 1.49. The maximum atomic E-state index is 11.3. The van der Waals surface area contributed by atoms with Crippen LogP contribution in [0.3, 0.4) is 0 Å². The topological polar surface area (TPSA) is 39.4 Å². The normalized spacial score (nSPS) is 12.7. The average Bonchev–Trinajstić information content (AvgIpc) is 2.70. The van der Waals surface area contributed by atoms with Gasteiger partial charge in [0.25, 0.3) is 0 Å². The molecule has 4 heteroatoms. The zero-order valence-electron chi connectivity index (χ0n) is 8.07. The third kappa shape index (κ3) is 1.70. The first kappa shape index (κ1) is 10.1. The smallest absolute Gasteiger partial charge is 0.328 e. The summed E-state index contributed by atoms with van der Waals surface area (Å²) in [5.74, 6) is -0.483. The number of methoxy groups -OCH3 is 1. The molecule has 1 unspecified atom stereocenters. The lowest BCUT2D eigenvalue weighted by Gasteiger charge is -2.04. The molecule has 0 N–H and O–H groups in total. The van der Waals surface area contributed by atoms with Crippen molar-refractivity contribution in [1.82, 2.24) is 0 Å². The second-order valence-electron chi connectivity index (χ2n) is 3.07. The number of carbonyl (C=O) groups is 1. The fourth-order valence-corrected chi connectivity index (χ4v) is 1.68. The van der Waals surface area contributed by atoms with E-state index in [9.17, 15) is 4.79 Å². The second-order valence-corrected chi connectivity index (χ2v) is 3.51. The number of hydrogen-bond donors (Lipinski definition) is 0. The van der Waals surface area contributed by atoms with Crippen LogP contribution in [-0.2, 0) is 9.53 Å². The Morgan fingerprint density at radius 2 is 2.20 bits per heavy atom. The van der Waals surface area contributed by atoms with Gasteiger partial charge in [0, 0.05) is 10.9 Å². The van der Waals surface area contributed by atoms with Gasteiger partial charge < -0.3 is 9.15 Å². The van der Waals surface area contributed by atoms with Crippen molar-refractivity contribution in [2.24, 2.45) is 0 Å². The van der Waals surface area contributed by atoms with E-state index in [-0.39, 0.29) is 0 Å². The molecular weight excluding hydrogens is 216 g/mol. The number of hydrogen-bond acceptors (Lipinski definition) is 3. The fourth-order valence-electron chi connectivity index (χ4n) is 1.43. The van der Waals surface area contributed by atoms with Gasteiger partial charge in [0.2, 0.25) is 0 Å². The predicted molar refractivity (Wildman–Crippen MR) is 56.8 cm³/mol. The van der Waals surface area contributed by atoms with Gasteiger partial charge in [-0.25, -0.2) is 0 Å². The quantitative estimate of drug-likeness (QED) is 0.582. The van der Waals surface area contributed by atoms with Crippen LogP contribution in [0.15, 0.2) is 34.9 Å². The lowest BCUT2D eigenvalue weighted by molar-refractivity contribution is -0.140. The number of halogens is 1. The number of benzene rings is 1. The number of para-hydroxylation sites is 1. The summed E-state index contributed by atoms with van der Waals surface area (Å²) in [7, 11) is 1.31. The third-order valence-electron chi connectivity index (χ3n) is 2.19. The molecule has 1 heterocycles. The van der Waals surface area contributed by atoms with E-state index in [1.165, 1.54) is 13.4 Å². The molecule has 0 fully saturated rings. The van der Waals surface area contributed by atoms with E-state index < -0.39 is 11.3 Å². The Morgan fingerprint density at radius 3 is 2.93 bits per heavy atom. The van der Waals surface area contributed by atoms with Crippen LogP contribution >= 0.6 is 11.6 Å². The number of rotatable bonds is 2. The number of fused-ring (bicyclic) bond motifs is 1. The maximum absolute atomic E-state index is 11.3. The van der Waals surface area contributed by atoms with Crippen LogP contribution in [0, 0.1) is 0 Å². The summed E-state index contributed by atoms with van der Waals surface area (Å²) in [4.78, 5) is 11.3. The molecule has 0 bridgehead atoms. The predicted octanol–water partition coefficient (Wildman–Crippen LogP) is 2.89. The highest BCUT2D eigenvalue weighted by atomic mass is 35.5. The molecule has 0 saturated heterocycles. The van der Waals surface area contributed by atoms with Gasteiger partial charge in [-0.2, -0.15) is 0 Å². The zero-order chi connectivity index (χ0) is 10.8. The highest BCUT2D eigenvalue weighted by Crippen LogP contribution is 2.30. The molecule has 0 spiro atoms. The molecule has 78 valence electrons. The van der Waals surface area contributed by atoms with Crippen LogP contribution in [0.4, 0.5) is 0 Å². The van der Waals surface area contributed by atoms with Gasteiger partial charge in [0.15, 0.2) is 5.38 Å². The minimum absolute atomic E-state index is 0.483. The van der Waals surface area contributed by atoms with Gasteiger partial charge in [0.1, 0.15) is 5.58 Å². The van der Waals surface area contributed by atoms with Crippen molar-refractivity contribution >= 4 is 28.5 Å². The van der Waals surface area contributed by atoms with Crippen LogP contribution < -0.4 is 0 Å². The molecule has 3 nitrogen and oxygen atoms in total. The van der Waals surface area contributed by atoms with Gasteiger partial charge in [0.05, 0.1) is 13.4 Å². The molecule has 15 heavy (non-hydrogen) atoms. The van der Waals surface area contributed by atoms with Gasteiger partial charge in [-0.1, -0.05) is 18.2 Å². The van der Waals surface area contributed by atoms with E-state index in [1.54, 1.807) is 0 Å². The SMILES string of the molecule is COC(=O)C(Cl)c1coc2ccccc12. The van der Waals surface area contributed by atoms with Gasteiger partial charge in [-0.15, -0.1) is 11.6 Å². The van der Waals surface area contributed by atoms with Crippen molar-refractivity contribution in [2.45, 2.75) is 5.38 Å². The van der Waals surface area contributed by atoms with E-state index in [1.807, 2.05) is 24.3 Å². The Kier molecular flexibility index (Phi) is 2.64. The van der Waals surface area contributed by atoms with E-state index >= 15 is 0 Å². The summed E-state index contributed by atoms with van der Waals surface area (Å²) in [6.45, 7) is 0. The van der Waals surface area contributed by atoms with Gasteiger partial charge in [-0.3, -0.25) is 4.79 Å². The van der Waals surface area contributed by atoms with Crippen molar-refractivity contribution in [2.75, 3.05) is 7.11 Å². The molecular formula is C11H9ClO3. The van der Waals surface area contributed by atoms with Crippen LogP contribution in [0.5, 0.6) is 0 Å². The van der Waals surface area contributed by atoms with Crippen LogP contribution in [0.25, 0.3) is 11.0 Å². The van der Waals surface area contributed by atoms with Gasteiger partial charge >= 0.3 is 5.97 Å². The summed E-state index contributed by atoms with van der Waals surface area (Å²) in [6, 6.07) is 7.39. The van der Waals surface area contributed by atoms with Crippen molar-refractivity contribution in [3.8, 4) is 0 Å². The molecule has 0 aliphatic rings. The number of alkyl halides is 1. The number of carbonyl (C=O) groups excluding carboxylic acids is 1. The number of esters is 1. The van der Waals surface area contributed by atoms with Crippen molar-refractivity contribution < 1.29 is 13.9 Å². The summed E-state index contributed by atoms with van der Waals surface area (Å²) >= 11 is 5.94. The largest absolute Gasteiger partial charge is 0.468 e. The summed E-state index contributed by atoms with van der Waals surface area (Å²) in [5, 5.41) is 0.0153. The summed E-state index contributed by atoms with van der Waals surface area (Å²) < 4.78 is 9.84.